The van der Waals surface area contributed by atoms with Gasteiger partial charge in [0, 0.05) is 48.3 Å². The highest BCUT2D eigenvalue weighted by Gasteiger charge is 2.45. The Morgan fingerprint density at radius 1 is 1.03 bits per heavy atom. The van der Waals surface area contributed by atoms with Crippen LogP contribution < -0.4 is 14.2 Å². The number of pyridine rings is 1. The average molecular weight is 470 g/mol. The summed E-state index contributed by atoms with van der Waals surface area (Å²) in [7, 11) is 1.65. The van der Waals surface area contributed by atoms with E-state index in [-0.39, 0.29) is 0 Å². The summed E-state index contributed by atoms with van der Waals surface area (Å²) in [5.74, 6) is 2.02. The summed E-state index contributed by atoms with van der Waals surface area (Å²) in [6.45, 7) is 5.70. The molecule has 3 aliphatic rings. The molecule has 7 nitrogen and oxygen atoms in total. The molecule has 3 aliphatic heterocycles. The van der Waals surface area contributed by atoms with Crippen LogP contribution in [-0.4, -0.2) is 56.5 Å². The Bertz CT molecular complexity index is 1300. The highest BCUT2D eigenvalue weighted by atomic mass is 16.6. The standard InChI is InChI=1S/C28H27N3O4/c1-32-27-20(15-31-16-28(17-31)9-10-33-18-28)5-7-24(30-27)22-4-2-3-21(23(22)14-29)19-6-8-25-26(13-19)35-12-11-34-25/h2-8,13H,9-12,15-18H2,1H3. The van der Waals surface area contributed by atoms with Gasteiger partial charge in [-0.2, -0.15) is 5.26 Å². The zero-order chi connectivity index (χ0) is 23.8. The van der Waals surface area contributed by atoms with Gasteiger partial charge in [-0.25, -0.2) is 4.98 Å². The molecule has 0 radical (unpaired) electrons. The summed E-state index contributed by atoms with van der Waals surface area (Å²) in [5, 5.41) is 10.1. The summed E-state index contributed by atoms with van der Waals surface area (Å²) in [6.07, 6.45) is 1.15. The van der Waals surface area contributed by atoms with E-state index < -0.39 is 0 Å². The lowest BCUT2D eigenvalue weighted by atomic mass is 9.79. The Morgan fingerprint density at radius 2 is 1.86 bits per heavy atom. The molecule has 0 unspecified atom stereocenters. The van der Waals surface area contributed by atoms with Crippen LogP contribution in [0, 0.1) is 16.7 Å². The Labute approximate surface area is 204 Å². The number of rotatable bonds is 5. The van der Waals surface area contributed by atoms with E-state index in [4.69, 9.17) is 23.9 Å². The Morgan fingerprint density at radius 3 is 2.63 bits per heavy atom. The Hall–Kier alpha value is -3.60. The van der Waals surface area contributed by atoms with Crippen molar-refractivity contribution in [3.8, 4) is 45.8 Å². The van der Waals surface area contributed by atoms with E-state index in [1.807, 2.05) is 42.5 Å². The van der Waals surface area contributed by atoms with Crippen molar-refractivity contribution in [2.24, 2.45) is 5.41 Å². The number of nitrogens with zero attached hydrogens (tertiary/aromatic N) is 3. The highest BCUT2D eigenvalue weighted by molar-refractivity contribution is 5.81. The van der Waals surface area contributed by atoms with Gasteiger partial charge in [-0.15, -0.1) is 0 Å². The normalized spacial score (nSPS) is 18.2. The van der Waals surface area contributed by atoms with E-state index in [0.717, 1.165) is 67.3 Å². The Balaban J connectivity index is 1.29. The minimum absolute atomic E-state index is 0.344. The number of nitriles is 1. The lowest BCUT2D eigenvalue weighted by Gasteiger charge is -2.47. The molecule has 1 aromatic heterocycles. The minimum Gasteiger partial charge on any atom is -0.486 e. The first-order chi connectivity index (χ1) is 17.2. The molecule has 0 amide bonds. The third kappa shape index (κ3) is 3.99. The maximum atomic E-state index is 10.1. The van der Waals surface area contributed by atoms with Gasteiger partial charge in [-0.05, 0) is 30.2 Å². The highest BCUT2D eigenvalue weighted by Crippen LogP contribution is 2.40. The number of likely N-dealkylation sites (tertiary alicyclic amines) is 1. The fourth-order valence-corrected chi connectivity index (χ4v) is 5.41. The molecular formula is C28H27N3O4. The Kier molecular flexibility index (Phi) is 5.56. The van der Waals surface area contributed by atoms with Crippen LogP contribution in [0.25, 0.3) is 22.4 Å². The predicted molar refractivity (Wildman–Crippen MR) is 131 cm³/mol. The van der Waals surface area contributed by atoms with E-state index in [1.54, 1.807) is 7.11 Å². The average Bonchev–Trinajstić information content (AvgIpc) is 3.38. The van der Waals surface area contributed by atoms with Crippen molar-refractivity contribution >= 4 is 0 Å². The van der Waals surface area contributed by atoms with Gasteiger partial charge < -0.3 is 18.9 Å². The maximum absolute atomic E-state index is 10.1. The molecular weight excluding hydrogens is 442 g/mol. The van der Waals surface area contributed by atoms with Gasteiger partial charge in [0.15, 0.2) is 11.5 Å². The molecule has 7 heteroatoms. The predicted octanol–water partition coefficient (Wildman–Crippen LogP) is 4.29. The number of methoxy groups -OCH3 is 1. The second-order valence-corrected chi connectivity index (χ2v) is 9.51. The van der Waals surface area contributed by atoms with Crippen molar-refractivity contribution in [1.82, 2.24) is 9.88 Å². The first kappa shape index (κ1) is 21.9. The van der Waals surface area contributed by atoms with Gasteiger partial charge in [-0.3, -0.25) is 4.90 Å². The number of ether oxygens (including phenoxy) is 4. The fraction of sp³-hybridized carbons (Fsp3) is 0.357. The molecule has 0 atom stereocenters. The van der Waals surface area contributed by atoms with Crippen LogP contribution in [0.2, 0.25) is 0 Å². The second-order valence-electron chi connectivity index (χ2n) is 9.51. The molecule has 1 spiro atoms. The molecule has 0 aliphatic carbocycles. The summed E-state index contributed by atoms with van der Waals surface area (Å²) >= 11 is 0. The van der Waals surface area contributed by atoms with Crippen molar-refractivity contribution in [2.75, 3.05) is 46.6 Å². The quantitative estimate of drug-likeness (QED) is 0.552. The van der Waals surface area contributed by atoms with E-state index in [0.29, 0.717) is 41.5 Å². The lowest BCUT2D eigenvalue weighted by molar-refractivity contribution is -0.0128. The van der Waals surface area contributed by atoms with E-state index >= 15 is 0 Å². The van der Waals surface area contributed by atoms with Gasteiger partial charge in [0.2, 0.25) is 5.88 Å². The van der Waals surface area contributed by atoms with Crippen molar-refractivity contribution in [3.05, 3.63) is 59.7 Å². The van der Waals surface area contributed by atoms with Crippen LogP contribution in [0.15, 0.2) is 48.5 Å². The first-order valence-corrected chi connectivity index (χ1v) is 12.0. The van der Waals surface area contributed by atoms with Crippen molar-refractivity contribution in [1.29, 1.82) is 5.26 Å². The zero-order valence-corrected chi connectivity index (χ0v) is 19.8. The molecule has 3 aromatic rings. The largest absolute Gasteiger partial charge is 0.486 e. The van der Waals surface area contributed by atoms with Crippen LogP contribution in [-0.2, 0) is 11.3 Å². The molecule has 0 bridgehead atoms. The topological polar surface area (TPSA) is 76.8 Å². The molecule has 4 heterocycles. The lowest BCUT2D eigenvalue weighted by Crippen LogP contribution is -2.56. The molecule has 0 N–H and O–H groups in total. The summed E-state index contributed by atoms with van der Waals surface area (Å²) in [4.78, 5) is 7.22. The third-order valence-corrected chi connectivity index (χ3v) is 7.13. The fourth-order valence-electron chi connectivity index (χ4n) is 5.41. The van der Waals surface area contributed by atoms with Crippen molar-refractivity contribution < 1.29 is 18.9 Å². The number of hydrogen-bond donors (Lipinski definition) is 0. The molecule has 2 fully saturated rings. The van der Waals surface area contributed by atoms with E-state index in [9.17, 15) is 5.26 Å². The molecule has 35 heavy (non-hydrogen) atoms. The van der Waals surface area contributed by atoms with Crippen molar-refractivity contribution in [2.45, 2.75) is 13.0 Å². The van der Waals surface area contributed by atoms with Crippen molar-refractivity contribution in [3.63, 3.8) is 0 Å². The van der Waals surface area contributed by atoms with Crippen LogP contribution in [0.5, 0.6) is 17.4 Å². The van der Waals surface area contributed by atoms with Gasteiger partial charge in [0.25, 0.3) is 0 Å². The molecule has 0 saturated carbocycles. The maximum Gasteiger partial charge on any atom is 0.218 e. The van der Waals surface area contributed by atoms with Gasteiger partial charge >= 0.3 is 0 Å². The second kappa shape index (κ2) is 8.88. The zero-order valence-electron chi connectivity index (χ0n) is 19.8. The SMILES string of the molecule is COc1nc(-c2cccc(-c3ccc4c(c3)OCCO4)c2C#N)ccc1CN1CC2(CCOC2)C1. The van der Waals surface area contributed by atoms with Gasteiger partial charge in [0.05, 0.1) is 25.0 Å². The smallest absolute Gasteiger partial charge is 0.218 e. The van der Waals surface area contributed by atoms with Crippen LogP contribution in [0.3, 0.4) is 0 Å². The summed E-state index contributed by atoms with van der Waals surface area (Å²) in [6, 6.07) is 18.1. The molecule has 2 saturated heterocycles. The molecule has 2 aromatic carbocycles. The van der Waals surface area contributed by atoms with Gasteiger partial charge in [0.1, 0.15) is 19.3 Å². The minimum atomic E-state index is 0.344. The summed E-state index contributed by atoms with van der Waals surface area (Å²) in [5.41, 5.74) is 5.18. The van der Waals surface area contributed by atoms with Gasteiger partial charge in [-0.1, -0.05) is 30.3 Å². The van der Waals surface area contributed by atoms with E-state index in [1.165, 1.54) is 0 Å². The van der Waals surface area contributed by atoms with Crippen LogP contribution in [0.4, 0.5) is 0 Å². The van der Waals surface area contributed by atoms with E-state index in [2.05, 4.69) is 17.0 Å². The number of benzene rings is 2. The van der Waals surface area contributed by atoms with Crippen LogP contribution >= 0.6 is 0 Å². The third-order valence-electron chi connectivity index (χ3n) is 7.13. The number of aromatic nitrogens is 1. The molecule has 178 valence electrons. The summed E-state index contributed by atoms with van der Waals surface area (Å²) < 4.78 is 22.7. The monoisotopic (exact) mass is 469 g/mol. The van der Waals surface area contributed by atoms with Crippen LogP contribution in [0.1, 0.15) is 17.5 Å². The number of fused-ring (bicyclic) bond motifs is 1. The number of hydrogen-bond acceptors (Lipinski definition) is 7. The molecule has 6 rings (SSSR count). The first-order valence-electron chi connectivity index (χ1n) is 12.0.